The van der Waals surface area contributed by atoms with Crippen LogP contribution < -0.4 is 10.4 Å². The molecule has 1 aromatic carbocycles. The summed E-state index contributed by atoms with van der Waals surface area (Å²) in [6, 6.07) is 8.83. The summed E-state index contributed by atoms with van der Waals surface area (Å²) in [6.07, 6.45) is 1.35. The van der Waals surface area contributed by atoms with Crippen LogP contribution in [0.4, 0.5) is 0 Å². The molecule has 0 saturated carbocycles. The third kappa shape index (κ3) is 5.33. The fourth-order valence-corrected chi connectivity index (χ4v) is 5.41. The van der Waals surface area contributed by atoms with E-state index in [0.717, 1.165) is 34.2 Å². The number of piperidine rings is 1. The number of ether oxygens (including phenoxy) is 2. The van der Waals surface area contributed by atoms with Crippen molar-refractivity contribution in [3.63, 3.8) is 0 Å². The van der Waals surface area contributed by atoms with Gasteiger partial charge in [0.1, 0.15) is 11.3 Å². The Hall–Kier alpha value is -3.13. The minimum Gasteiger partial charge on any atom is -0.481 e. The summed E-state index contributed by atoms with van der Waals surface area (Å²) < 4.78 is 16.4. The van der Waals surface area contributed by atoms with Crippen LogP contribution in [0.15, 0.2) is 44.9 Å². The average molecular weight is 484 g/mol. The molecule has 34 heavy (non-hydrogen) atoms. The maximum absolute atomic E-state index is 13.0. The Balaban J connectivity index is 1.48. The van der Waals surface area contributed by atoms with Gasteiger partial charge in [0.2, 0.25) is 0 Å². The number of amides is 1. The molecule has 7 nitrogen and oxygen atoms in total. The van der Waals surface area contributed by atoms with Crippen LogP contribution in [0, 0.1) is 12.8 Å². The topological polar surface area (TPSA) is 86.0 Å². The molecule has 1 fully saturated rings. The molecule has 3 aromatic rings. The van der Waals surface area contributed by atoms with E-state index in [-0.39, 0.29) is 17.8 Å². The van der Waals surface area contributed by atoms with Gasteiger partial charge in [-0.05, 0) is 68.7 Å². The van der Waals surface area contributed by atoms with Crippen molar-refractivity contribution in [3.8, 4) is 16.2 Å². The lowest BCUT2D eigenvalue weighted by molar-refractivity contribution is -0.147. The number of hydrogen-bond donors (Lipinski definition) is 0. The van der Waals surface area contributed by atoms with E-state index in [0.29, 0.717) is 37.4 Å². The highest BCUT2D eigenvalue weighted by Gasteiger charge is 2.29. The van der Waals surface area contributed by atoms with Crippen molar-refractivity contribution in [3.05, 3.63) is 51.7 Å². The first-order valence-electron chi connectivity index (χ1n) is 11.6. The third-order valence-electron chi connectivity index (χ3n) is 6.07. The fraction of sp³-hybridized carbons (Fsp3) is 0.423. The predicted molar refractivity (Wildman–Crippen MR) is 131 cm³/mol. The van der Waals surface area contributed by atoms with Gasteiger partial charge in [-0.25, -0.2) is 4.79 Å². The quantitative estimate of drug-likeness (QED) is 0.355. The van der Waals surface area contributed by atoms with Gasteiger partial charge in [-0.15, -0.1) is 11.3 Å². The van der Waals surface area contributed by atoms with Gasteiger partial charge in [0.05, 0.1) is 13.0 Å². The number of carbonyl (C=O) groups is 2. The molecule has 1 unspecified atom stereocenters. The molecule has 0 aliphatic carbocycles. The maximum atomic E-state index is 13.0. The highest BCUT2D eigenvalue weighted by Crippen LogP contribution is 2.35. The van der Waals surface area contributed by atoms with Crippen molar-refractivity contribution in [2.24, 2.45) is 5.92 Å². The molecule has 1 aliphatic heterocycles. The van der Waals surface area contributed by atoms with Gasteiger partial charge < -0.3 is 18.8 Å². The number of likely N-dealkylation sites (tertiary alicyclic amines) is 1. The van der Waals surface area contributed by atoms with E-state index in [1.165, 1.54) is 6.07 Å². The second-order valence-electron chi connectivity index (χ2n) is 8.63. The molecule has 2 aromatic heterocycles. The lowest BCUT2D eigenvalue weighted by Gasteiger charge is -2.34. The summed E-state index contributed by atoms with van der Waals surface area (Å²) in [5.41, 5.74) is 1.91. The number of nitrogens with zero attached hydrogens (tertiary/aromatic N) is 1. The second-order valence-corrected chi connectivity index (χ2v) is 9.55. The molecule has 1 amide bonds. The Labute approximate surface area is 202 Å². The van der Waals surface area contributed by atoms with E-state index in [4.69, 9.17) is 13.9 Å². The van der Waals surface area contributed by atoms with Crippen LogP contribution in [-0.4, -0.2) is 42.6 Å². The standard InChI is InChI=1S/C26H29NO6S/c1-4-31-23(28)12-18-6-5-10-27(15-18)26(30)17(3)32-19-7-8-20-21(25-16(2)9-11-34-25)14-24(29)33-22(20)13-19/h7-9,11,13-14,17-18H,4-6,10,12,15H2,1-3H3/t17?,18-/m1/s1. The molecule has 8 heteroatoms. The first-order chi connectivity index (χ1) is 16.4. The molecule has 1 aliphatic rings. The Morgan fingerprint density at radius 3 is 2.82 bits per heavy atom. The highest BCUT2D eigenvalue weighted by atomic mass is 32.1. The van der Waals surface area contributed by atoms with Gasteiger partial charge >= 0.3 is 11.6 Å². The van der Waals surface area contributed by atoms with Gasteiger partial charge in [0, 0.05) is 41.0 Å². The van der Waals surface area contributed by atoms with Gasteiger partial charge in [0.25, 0.3) is 5.91 Å². The highest BCUT2D eigenvalue weighted by molar-refractivity contribution is 7.13. The first kappa shape index (κ1) is 24.0. The summed E-state index contributed by atoms with van der Waals surface area (Å²) in [4.78, 5) is 39.9. The Morgan fingerprint density at radius 2 is 2.09 bits per heavy atom. The Kier molecular flexibility index (Phi) is 7.36. The fourth-order valence-electron chi connectivity index (χ4n) is 4.45. The zero-order valence-corrected chi connectivity index (χ0v) is 20.5. The molecule has 3 heterocycles. The van der Waals surface area contributed by atoms with E-state index in [2.05, 4.69) is 0 Å². The molecule has 4 rings (SSSR count). The molecular weight excluding hydrogens is 454 g/mol. The van der Waals surface area contributed by atoms with E-state index >= 15 is 0 Å². The summed E-state index contributed by atoms with van der Waals surface area (Å²) >= 11 is 1.58. The Morgan fingerprint density at radius 1 is 1.26 bits per heavy atom. The number of fused-ring (bicyclic) bond motifs is 1. The van der Waals surface area contributed by atoms with Crippen LogP contribution >= 0.6 is 11.3 Å². The molecule has 0 spiro atoms. The van der Waals surface area contributed by atoms with Crippen LogP contribution in [0.5, 0.6) is 5.75 Å². The maximum Gasteiger partial charge on any atom is 0.336 e. The number of thiophene rings is 1. The van der Waals surface area contributed by atoms with Crippen LogP contribution in [0.2, 0.25) is 0 Å². The predicted octanol–water partition coefficient (Wildman–Crippen LogP) is 4.79. The SMILES string of the molecule is CCOC(=O)C[C@H]1CCCN(C(=O)C(C)Oc2ccc3c(-c4sccc4C)cc(=O)oc3c2)C1. The second kappa shape index (κ2) is 10.4. The molecule has 2 atom stereocenters. The first-order valence-corrected chi connectivity index (χ1v) is 12.5. The van der Waals surface area contributed by atoms with E-state index in [1.54, 1.807) is 42.2 Å². The zero-order chi connectivity index (χ0) is 24.2. The molecular formula is C26H29NO6S. The number of aryl methyl sites for hydroxylation is 1. The zero-order valence-electron chi connectivity index (χ0n) is 19.7. The molecule has 0 bridgehead atoms. The van der Waals surface area contributed by atoms with Crippen molar-refractivity contribution in [1.29, 1.82) is 0 Å². The van der Waals surface area contributed by atoms with Crippen LogP contribution in [0.3, 0.4) is 0 Å². The number of hydrogen-bond acceptors (Lipinski definition) is 7. The van der Waals surface area contributed by atoms with Gasteiger partial charge in [-0.3, -0.25) is 9.59 Å². The Bertz CT molecular complexity index is 1250. The summed E-state index contributed by atoms with van der Waals surface area (Å²) in [7, 11) is 0. The lowest BCUT2D eigenvalue weighted by atomic mass is 9.94. The van der Waals surface area contributed by atoms with Gasteiger partial charge in [-0.1, -0.05) is 0 Å². The smallest absolute Gasteiger partial charge is 0.336 e. The van der Waals surface area contributed by atoms with Gasteiger partial charge in [0.15, 0.2) is 6.10 Å². The normalized spacial score (nSPS) is 16.9. The molecule has 0 radical (unpaired) electrons. The van der Waals surface area contributed by atoms with Crippen molar-refractivity contribution in [2.45, 2.75) is 46.1 Å². The van der Waals surface area contributed by atoms with Crippen molar-refractivity contribution >= 4 is 34.2 Å². The number of carbonyl (C=O) groups excluding carboxylic acids is 2. The van der Waals surface area contributed by atoms with Crippen LogP contribution in [0.25, 0.3) is 21.4 Å². The number of benzene rings is 1. The minimum atomic E-state index is -0.715. The van der Waals surface area contributed by atoms with Crippen LogP contribution in [0.1, 0.15) is 38.7 Å². The van der Waals surface area contributed by atoms with E-state index in [9.17, 15) is 14.4 Å². The van der Waals surface area contributed by atoms with Gasteiger partial charge in [-0.2, -0.15) is 0 Å². The summed E-state index contributed by atoms with van der Waals surface area (Å²) in [6.45, 7) is 7.02. The lowest BCUT2D eigenvalue weighted by Crippen LogP contribution is -2.46. The van der Waals surface area contributed by atoms with Crippen molar-refractivity contribution < 1.29 is 23.5 Å². The van der Waals surface area contributed by atoms with Crippen molar-refractivity contribution in [2.75, 3.05) is 19.7 Å². The molecule has 0 N–H and O–H groups in total. The largest absolute Gasteiger partial charge is 0.481 e. The summed E-state index contributed by atoms with van der Waals surface area (Å²) in [5.74, 6) is 0.202. The summed E-state index contributed by atoms with van der Waals surface area (Å²) in [5, 5.41) is 2.81. The van der Waals surface area contributed by atoms with Crippen molar-refractivity contribution in [1.82, 2.24) is 4.90 Å². The van der Waals surface area contributed by atoms with E-state index < -0.39 is 11.7 Å². The monoisotopic (exact) mass is 483 g/mol. The molecule has 1 saturated heterocycles. The molecule has 180 valence electrons. The van der Waals surface area contributed by atoms with E-state index in [1.807, 2.05) is 24.4 Å². The minimum absolute atomic E-state index is 0.0954. The number of esters is 1. The van der Waals surface area contributed by atoms with Crippen LogP contribution in [-0.2, 0) is 14.3 Å². The number of rotatable bonds is 7. The average Bonchev–Trinajstić information content (AvgIpc) is 3.23. The third-order valence-corrected chi connectivity index (χ3v) is 7.12.